The van der Waals surface area contributed by atoms with Crippen molar-refractivity contribution in [3.05, 3.63) is 51.4 Å². The van der Waals surface area contributed by atoms with Crippen molar-refractivity contribution < 1.29 is 9.53 Å². The van der Waals surface area contributed by atoms with Gasteiger partial charge in [-0.3, -0.25) is 4.79 Å². The molecule has 0 saturated carbocycles. The molecular weight excluding hydrogens is 296 g/mol. The number of carbonyl (C=O) groups excluding carboxylic acids is 1. The Bertz CT molecular complexity index is 560. The summed E-state index contributed by atoms with van der Waals surface area (Å²) in [6, 6.07) is 9.02. The minimum atomic E-state index is -0.141. The molecule has 0 unspecified atom stereocenters. The van der Waals surface area contributed by atoms with Gasteiger partial charge in [0.2, 0.25) is 0 Å². The van der Waals surface area contributed by atoms with Crippen molar-refractivity contribution in [2.45, 2.75) is 6.54 Å². The van der Waals surface area contributed by atoms with E-state index < -0.39 is 0 Å². The van der Waals surface area contributed by atoms with Gasteiger partial charge in [-0.15, -0.1) is 11.3 Å². The number of aromatic nitrogens is 1. The highest BCUT2D eigenvalue weighted by Gasteiger charge is 2.17. The lowest BCUT2D eigenvalue weighted by atomic mass is 10.3. The Kier molecular flexibility index (Phi) is 5.52. The summed E-state index contributed by atoms with van der Waals surface area (Å²) in [5.41, 5.74) is 0.352. The Morgan fingerprint density at radius 2 is 2.25 bits per heavy atom. The molecule has 0 N–H and O–H groups in total. The van der Waals surface area contributed by atoms with Crippen LogP contribution < -0.4 is 0 Å². The fourth-order valence-electron chi connectivity index (χ4n) is 1.73. The van der Waals surface area contributed by atoms with E-state index in [1.807, 2.05) is 17.5 Å². The van der Waals surface area contributed by atoms with Gasteiger partial charge in [-0.25, -0.2) is 4.98 Å². The predicted molar refractivity (Wildman–Crippen MR) is 80.2 cm³/mol. The van der Waals surface area contributed by atoms with E-state index in [0.29, 0.717) is 30.5 Å². The normalized spacial score (nSPS) is 10.5. The molecule has 0 spiro atoms. The number of pyridine rings is 1. The number of ether oxygens (including phenoxy) is 1. The first-order chi connectivity index (χ1) is 9.70. The fraction of sp³-hybridized carbons (Fsp3) is 0.286. The van der Waals surface area contributed by atoms with Crippen molar-refractivity contribution in [2.75, 3.05) is 20.3 Å². The van der Waals surface area contributed by atoms with E-state index in [9.17, 15) is 4.79 Å². The summed E-state index contributed by atoms with van der Waals surface area (Å²) in [4.78, 5) is 19.4. The van der Waals surface area contributed by atoms with Crippen molar-refractivity contribution in [3.63, 3.8) is 0 Å². The van der Waals surface area contributed by atoms with Gasteiger partial charge in [-0.1, -0.05) is 23.7 Å². The van der Waals surface area contributed by atoms with Gasteiger partial charge in [0, 0.05) is 18.5 Å². The SMILES string of the molecule is COCCN(Cc1cccs1)C(=O)c1cccc(Cl)n1. The Labute approximate surface area is 127 Å². The lowest BCUT2D eigenvalue weighted by Gasteiger charge is -2.21. The van der Waals surface area contributed by atoms with Crippen LogP contribution in [0.5, 0.6) is 0 Å². The molecule has 20 heavy (non-hydrogen) atoms. The Balaban J connectivity index is 2.14. The summed E-state index contributed by atoms with van der Waals surface area (Å²) in [5, 5.41) is 2.31. The molecule has 1 amide bonds. The summed E-state index contributed by atoms with van der Waals surface area (Å²) >= 11 is 7.46. The smallest absolute Gasteiger partial charge is 0.272 e. The third kappa shape index (κ3) is 4.03. The highest BCUT2D eigenvalue weighted by atomic mass is 35.5. The maximum absolute atomic E-state index is 12.5. The van der Waals surface area contributed by atoms with Crippen molar-refractivity contribution in [3.8, 4) is 0 Å². The first kappa shape index (κ1) is 15.0. The molecule has 0 aliphatic carbocycles. The number of halogens is 1. The predicted octanol–water partition coefficient (Wildman–Crippen LogP) is 3.09. The molecule has 2 rings (SSSR count). The first-order valence-corrected chi connectivity index (χ1v) is 7.39. The highest BCUT2D eigenvalue weighted by Crippen LogP contribution is 2.14. The molecule has 4 nitrogen and oxygen atoms in total. The molecule has 0 aromatic carbocycles. The second-order valence-electron chi connectivity index (χ2n) is 4.14. The van der Waals surface area contributed by atoms with Gasteiger partial charge < -0.3 is 9.64 Å². The summed E-state index contributed by atoms with van der Waals surface area (Å²) in [6.07, 6.45) is 0. The number of thiophene rings is 1. The van der Waals surface area contributed by atoms with E-state index in [1.165, 1.54) is 0 Å². The average Bonchev–Trinajstić information content (AvgIpc) is 2.95. The van der Waals surface area contributed by atoms with Gasteiger partial charge in [0.1, 0.15) is 10.8 Å². The summed E-state index contributed by atoms with van der Waals surface area (Å²) in [7, 11) is 1.62. The Morgan fingerprint density at radius 1 is 1.40 bits per heavy atom. The maximum Gasteiger partial charge on any atom is 0.272 e. The zero-order valence-electron chi connectivity index (χ0n) is 11.1. The zero-order valence-corrected chi connectivity index (χ0v) is 12.7. The molecule has 0 aliphatic heterocycles. The summed E-state index contributed by atoms with van der Waals surface area (Å²) in [5.74, 6) is -0.141. The lowest BCUT2D eigenvalue weighted by molar-refractivity contribution is 0.0676. The van der Waals surface area contributed by atoms with Gasteiger partial charge in [-0.2, -0.15) is 0 Å². The molecule has 0 bridgehead atoms. The number of carbonyl (C=O) groups is 1. The summed E-state index contributed by atoms with van der Waals surface area (Å²) in [6.45, 7) is 1.55. The third-order valence-electron chi connectivity index (χ3n) is 2.71. The standard InChI is InChI=1S/C14H15ClN2O2S/c1-19-8-7-17(10-11-4-3-9-20-11)14(18)12-5-2-6-13(15)16-12/h2-6,9H,7-8,10H2,1H3. The van der Waals surface area contributed by atoms with Crippen molar-refractivity contribution >= 4 is 28.8 Å². The van der Waals surface area contributed by atoms with Crippen LogP contribution in [0.2, 0.25) is 5.15 Å². The van der Waals surface area contributed by atoms with Crippen molar-refractivity contribution in [1.29, 1.82) is 0 Å². The van der Waals surface area contributed by atoms with E-state index in [-0.39, 0.29) is 5.91 Å². The molecule has 2 aromatic heterocycles. The van der Waals surface area contributed by atoms with Crippen LogP contribution in [0.15, 0.2) is 35.7 Å². The molecule has 2 heterocycles. The van der Waals surface area contributed by atoms with Crippen molar-refractivity contribution in [1.82, 2.24) is 9.88 Å². The van der Waals surface area contributed by atoms with Crippen LogP contribution in [-0.2, 0) is 11.3 Å². The van der Waals surface area contributed by atoms with Crippen LogP contribution in [-0.4, -0.2) is 36.1 Å². The topological polar surface area (TPSA) is 42.4 Å². The molecule has 0 saturated heterocycles. The van der Waals surface area contributed by atoms with E-state index >= 15 is 0 Å². The monoisotopic (exact) mass is 310 g/mol. The van der Waals surface area contributed by atoms with Gasteiger partial charge in [0.05, 0.1) is 13.2 Å². The molecule has 0 radical (unpaired) electrons. The molecule has 2 aromatic rings. The number of amides is 1. The summed E-state index contributed by atoms with van der Waals surface area (Å²) < 4.78 is 5.06. The number of hydrogen-bond donors (Lipinski definition) is 0. The van der Waals surface area contributed by atoms with Crippen LogP contribution in [0.3, 0.4) is 0 Å². The minimum absolute atomic E-state index is 0.141. The van der Waals surface area contributed by atoms with E-state index in [0.717, 1.165) is 4.88 Å². The van der Waals surface area contributed by atoms with E-state index in [2.05, 4.69) is 4.98 Å². The first-order valence-electron chi connectivity index (χ1n) is 6.14. The third-order valence-corrected chi connectivity index (χ3v) is 3.79. The molecule has 0 fully saturated rings. The maximum atomic E-state index is 12.5. The number of methoxy groups -OCH3 is 1. The molecular formula is C14H15ClN2O2S. The Hall–Kier alpha value is -1.43. The minimum Gasteiger partial charge on any atom is -0.383 e. The Morgan fingerprint density at radius 3 is 2.90 bits per heavy atom. The van der Waals surface area contributed by atoms with Crippen LogP contribution in [0.1, 0.15) is 15.4 Å². The van der Waals surface area contributed by atoms with Gasteiger partial charge in [0.25, 0.3) is 5.91 Å². The lowest BCUT2D eigenvalue weighted by Crippen LogP contribution is -2.33. The second-order valence-corrected chi connectivity index (χ2v) is 5.56. The van der Waals surface area contributed by atoms with Crippen LogP contribution in [0.25, 0.3) is 0 Å². The molecule has 106 valence electrons. The second kappa shape index (κ2) is 7.38. The largest absolute Gasteiger partial charge is 0.383 e. The van der Waals surface area contributed by atoms with Gasteiger partial charge >= 0.3 is 0 Å². The van der Waals surface area contributed by atoms with Crippen molar-refractivity contribution in [2.24, 2.45) is 0 Å². The van der Waals surface area contributed by atoms with Gasteiger partial charge in [0.15, 0.2) is 0 Å². The van der Waals surface area contributed by atoms with Gasteiger partial charge in [-0.05, 0) is 23.6 Å². The zero-order chi connectivity index (χ0) is 14.4. The highest BCUT2D eigenvalue weighted by molar-refractivity contribution is 7.09. The fourth-order valence-corrected chi connectivity index (χ4v) is 2.62. The number of hydrogen-bond acceptors (Lipinski definition) is 4. The number of nitrogens with zero attached hydrogens (tertiary/aromatic N) is 2. The van der Waals surface area contributed by atoms with E-state index in [1.54, 1.807) is 41.5 Å². The van der Waals surface area contributed by atoms with Crippen LogP contribution >= 0.6 is 22.9 Å². The average molecular weight is 311 g/mol. The molecule has 0 aliphatic rings. The van der Waals surface area contributed by atoms with Crippen LogP contribution in [0, 0.1) is 0 Å². The quantitative estimate of drug-likeness (QED) is 0.770. The number of rotatable bonds is 6. The molecule has 0 atom stereocenters. The molecule has 6 heteroatoms. The van der Waals surface area contributed by atoms with Crippen LogP contribution in [0.4, 0.5) is 0 Å². The van der Waals surface area contributed by atoms with E-state index in [4.69, 9.17) is 16.3 Å².